The minimum absolute atomic E-state index is 0.0268. The van der Waals surface area contributed by atoms with Crippen LogP contribution in [0.15, 0.2) is 101 Å². The van der Waals surface area contributed by atoms with Crippen LogP contribution in [0.3, 0.4) is 0 Å². The number of nitrogens with one attached hydrogen (secondary N) is 1. The molecule has 43 heavy (non-hydrogen) atoms. The second-order valence-corrected chi connectivity index (χ2v) is 10.9. The van der Waals surface area contributed by atoms with Crippen LogP contribution in [-0.4, -0.2) is 52.7 Å². The molecule has 3 N–H and O–H groups in total. The molecule has 2 aromatic heterocycles. The van der Waals surface area contributed by atoms with E-state index in [1.54, 1.807) is 54.9 Å². The monoisotopic (exact) mass is 635 g/mol. The molecule has 2 aromatic carbocycles. The number of amides is 1. The van der Waals surface area contributed by atoms with E-state index >= 15 is 0 Å². The Labute approximate surface area is 248 Å². The first-order valence-corrected chi connectivity index (χ1v) is 14.6. The van der Waals surface area contributed by atoms with Crippen molar-refractivity contribution in [1.82, 2.24) is 9.97 Å². The maximum Gasteiger partial charge on any atom is 0.573 e. The lowest BCUT2D eigenvalue weighted by Crippen LogP contribution is -2.17. The Morgan fingerprint density at radius 2 is 1.63 bits per heavy atom. The van der Waals surface area contributed by atoms with Gasteiger partial charge in [0.25, 0.3) is 16.0 Å². The zero-order chi connectivity index (χ0) is 31.5. The highest BCUT2D eigenvalue weighted by atomic mass is 32.2. The normalized spacial score (nSPS) is 11.2. The summed E-state index contributed by atoms with van der Waals surface area (Å²) in [6.45, 7) is -0.550. The number of aliphatic hydroxyl groups is 1. The standard InChI is InChI=1S/C22H18F3N3O4S.C6H6O3S/c23-22(24,25)32-18-5-3-15(4-6-18)28-20(31)19-2-1-8-27-21(19)33-13-14-7-9-26-16(10-14)11-17(30)12-29;7-10(8,9)6-4-2-1-3-5-6/h1-10,29H,11-13H2,(H,28,31);1-5H,(H,7,8,9). The van der Waals surface area contributed by atoms with Crippen molar-refractivity contribution in [3.8, 4) is 5.75 Å². The van der Waals surface area contributed by atoms with Crippen molar-refractivity contribution >= 4 is 39.3 Å². The zero-order valence-electron chi connectivity index (χ0n) is 22.1. The summed E-state index contributed by atoms with van der Waals surface area (Å²) in [5.41, 5.74) is 1.97. The summed E-state index contributed by atoms with van der Waals surface area (Å²) in [6.07, 6.45) is -1.66. The number of ketones is 1. The third-order valence-electron chi connectivity index (χ3n) is 5.21. The summed E-state index contributed by atoms with van der Waals surface area (Å²) in [7, 11) is -4.00. The van der Waals surface area contributed by atoms with Crippen molar-refractivity contribution < 1.29 is 45.6 Å². The van der Waals surface area contributed by atoms with Crippen LogP contribution < -0.4 is 10.1 Å². The van der Waals surface area contributed by atoms with E-state index in [1.807, 2.05) is 0 Å². The van der Waals surface area contributed by atoms with Crippen LogP contribution in [0.5, 0.6) is 5.75 Å². The highest BCUT2D eigenvalue weighted by Crippen LogP contribution is 2.27. The fourth-order valence-corrected chi connectivity index (χ4v) is 4.77. The zero-order valence-corrected chi connectivity index (χ0v) is 23.7. The predicted octanol–water partition coefficient (Wildman–Crippen LogP) is 4.96. The van der Waals surface area contributed by atoms with Crippen LogP contribution in [0.4, 0.5) is 18.9 Å². The smallest absolute Gasteiger partial charge is 0.406 e. The van der Waals surface area contributed by atoms with Crippen molar-refractivity contribution in [2.75, 3.05) is 11.9 Å². The number of carbonyl (C=O) groups is 2. The summed E-state index contributed by atoms with van der Waals surface area (Å²) in [4.78, 5) is 32.4. The minimum atomic E-state index is -4.80. The van der Waals surface area contributed by atoms with Gasteiger partial charge in [0, 0.05) is 29.5 Å². The van der Waals surface area contributed by atoms with Crippen LogP contribution in [-0.2, 0) is 27.1 Å². The number of rotatable bonds is 10. The third kappa shape index (κ3) is 11.5. The summed E-state index contributed by atoms with van der Waals surface area (Å²) in [5, 5.41) is 12.0. The SMILES string of the molecule is O=C(CO)Cc1cc(CSc2ncccc2C(=O)Nc2ccc(OC(F)(F)F)cc2)ccn1.O=S(=O)(O)c1ccccc1. The van der Waals surface area contributed by atoms with Gasteiger partial charge in [0.2, 0.25) is 0 Å². The van der Waals surface area contributed by atoms with Crippen molar-refractivity contribution in [1.29, 1.82) is 0 Å². The largest absolute Gasteiger partial charge is 0.573 e. The summed E-state index contributed by atoms with van der Waals surface area (Å²) in [5.74, 6) is -0.757. The molecule has 0 unspecified atom stereocenters. The average molecular weight is 636 g/mol. The summed E-state index contributed by atoms with van der Waals surface area (Å²) >= 11 is 1.30. The van der Waals surface area contributed by atoms with E-state index < -0.39 is 34.7 Å². The second-order valence-electron chi connectivity index (χ2n) is 8.49. The molecule has 0 saturated carbocycles. The van der Waals surface area contributed by atoms with Gasteiger partial charge in [-0.05, 0) is 66.2 Å². The van der Waals surface area contributed by atoms with E-state index in [4.69, 9.17) is 9.66 Å². The van der Waals surface area contributed by atoms with Gasteiger partial charge in [0.1, 0.15) is 17.4 Å². The molecule has 10 nitrogen and oxygen atoms in total. The molecule has 0 fully saturated rings. The highest BCUT2D eigenvalue weighted by Gasteiger charge is 2.31. The first-order chi connectivity index (χ1) is 20.3. The number of benzene rings is 2. The summed E-state index contributed by atoms with van der Waals surface area (Å²) in [6, 6.07) is 18.9. The first kappa shape index (κ1) is 33.2. The van der Waals surface area contributed by atoms with Crippen molar-refractivity contribution in [2.24, 2.45) is 0 Å². The fourth-order valence-electron chi connectivity index (χ4n) is 3.33. The Hall–Kier alpha value is -4.31. The number of pyridine rings is 2. The molecule has 0 spiro atoms. The number of ether oxygens (including phenoxy) is 1. The van der Waals surface area contributed by atoms with E-state index in [9.17, 15) is 31.2 Å². The maximum atomic E-state index is 12.7. The van der Waals surface area contributed by atoms with Crippen LogP contribution >= 0.6 is 11.8 Å². The van der Waals surface area contributed by atoms with Crippen LogP contribution in [0.2, 0.25) is 0 Å². The van der Waals surface area contributed by atoms with Crippen LogP contribution in [0, 0.1) is 0 Å². The van der Waals surface area contributed by atoms with Gasteiger partial charge in [0.05, 0.1) is 16.9 Å². The molecule has 4 aromatic rings. The lowest BCUT2D eigenvalue weighted by Gasteiger charge is -2.11. The fraction of sp³-hybridized carbons (Fsp3) is 0.143. The number of nitrogens with zero attached hydrogens (tertiary/aromatic N) is 2. The molecule has 226 valence electrons. The number of thioether (sulfide) groups is 1. The number of hydrogen-bond acceptors (Lipinski definition) is 9. The lowest BCUT2D eigenvalue weighted by atomic mass is 10.1. The van der Waals surface area contributed by atoms with E-state index in [0.717, 1.165) is 17.7 Å². The Morgan fingerprint density at radius 3 is 2.23 bits per heavy atom. The van der Waals surface area contributed by atoms with Crippen molar-refractivity contribution in [3.05, 3.63) is 108 Å². The Balaban J connectivity index is 0.000000428. The molecule has 0 atom stereocenters. The molecule has 0 aliphatic heterocycles. The molecule has 0 saturated heterocycles. The second kappa shape index (κ2) is 15.2. The Morgan fingerprint density at radius 1 is 0.930 bits per heavy atom. The molecule has 0 aliphatic carbocycles. The molecular formula is C28H24F3N3O7S2. The van der Waals surface area contributed by atoms with E-state index in [1.165, 1.54) is 36.0 Å². The number of alkyl halides is 3. The first-order valence-electron chi connectivity index (χ1n) is 12.2. The number of aliphatic hydroxyl groups excluding tert-OH is 1. The van der Waals surface area contributed by atoms with Gasteiger partial charge in [-0.25, -0.2) is 4.98 Å². The topological polar surface area (TPSA) is 156 Å². The Kier molecular flexibility index (Phi) is 11.8. The Bertz CT molecular complexity index is 1640. The van der Waals surface area contributed by atoms with Crippen LogP contribution in [0.25, 0.3) is 0 Å². The number of carbonyl (C=O) groups excluding carboxylic acids is 2. The number of anilines is 1. The van der Waals surface area contributed by atoms with E-state index in [-0.39, 0.29) is 17.1 Å². The number of halogens is 3. The number of hydrogen-bond donors (Lipinski definition) is 3. The average Bonchev–Trinajstić information content (AvgIpc) is 2.97. The minimum Gasteiger partial charge on any atom is -0.406 e. The van der Waals surface area contributed by atoms with Gasteiger partial charge in [0.15, 0.2) is 5.78 Å². The lowest BCUT2D eigenvalue weighted by molar-refractivity contribution is -0.274. The van der Waals surface area contributed by atoms with Gasteiger partial charge in [-0.2, -0.15) is 8.42 Å². The molecule has 0 aliphatic rings. The number of aromatic nitrogens is 2. The van der Waals surface area contributed by atoms with Gasteiger partial charge < -0.3 is 15.2 Å². The molecule has 2 heterocycles. The molecule has 0 radical (unpaired) electrons. The molecule has 0 bridgehead atoms. The molecule has 1 amide bonds. The van der Waals surface area contributed by atoms with Gasteiger partial charge >= 0.3 is 6.36 Å². The molecular weight excluding hydrogens is 611 g/mol. The van der Waals surface area contributed by atoms with E-state index in [0.29, 0.717) is 27.7 Å². The predicted molar refractivity (Wildman–Crippen MR) is 151 cm³/mol. The molecule has 15 heteroatoms. The van der Waals surface area contributed by atoms with Crippen molar-refractivity contribution in [2.45, 2.75) is 28.5 Å². The van der Waals surface area contributed by atoms with Gasteiger partial charge in [-0.15, -0.1) is 24.9 Å². The van der Waals surface area contributed by atoms with Gasteiger partial charge in [-0.1, -0.05) is 18.2 Å². The van der Waals surface area contributed by atoms with E-state index in [2.05, 4.69) is 20.0 Å². The quantitative estimate of drug-likeness (QED) is 0.161. The highest BCUT2D eigenvalue weighted by molar-refractivity contribution is 7.98. The third-order valence-corrected chi connectivity index (χ3v) is 7.16. The van der Waals surface area contributed by atoms with Crippen LogP contribution in [0.1, 0.15) is 21.6 Å². The maximum absolute atomic E-state index is 12.7. The van der Waals surface area contributed by atoms with Crippen molar-refractivity contribution in [3.63, 3.8) is 0 Å². The molecule has 4 rings (SSSR count). The number of Topliss-reactive ketones (excluding diaryl/α,β-unsaturated/α-hetero) is 1. The summed E-state index contributed by atoms with van der Waals surface area (Å²) < 4.78 is 69.9. The van der Waals surface area contributed by atoms with Gasteiger partial charge in [-0.3, -0.25) is 19.1 Å².